The molecule has 0 saturated heterocycles. The molecule has 0 bridgehead atoms. The van der Waals surface area contributed by atoms with Crippen molar-refractivity contribution in [2.75, 3.05) is 0 Å². The van der Waals surface area contributed by atoms with Crippen LogP contribution in [0, 0.1) is 0 Å². The molecule has 4 nitrogen and oxygen atoms in total. The molecular formula is C11H23NaO4S. The van der Waals surface area contributed by atoms with Gasteiger partial charge < -0.3 is 9.66 Å². The fourth-order valence-electron chi connectivity index (χ4n) is 1.65. The summed E-state index contributed by atoms with van der Waals surface area (Å²) in [5, 5.41) is 8.55. The molecule has 0 fully saturated rings. The molecule has 0 aromatic heterocycles. The second kappa shape index (κ2) is 10.8. The van der Waals surface area contributed by atoms with Gasteiger partial charge in [0, 0.05) is 5.25 Å². The van der Waals surface area contributed by atoms with Crippen LogP contribution in [-0.4, -0.2) is 29.4 Å². The SMILES string of the molecule is CCCCC(CCCC(O)CC)S(=O)(=O)[O-].[Na+]. The quantitative estimate of drug-likeness (QED) is 0.434. The van der Waals surface area contributed by atoms with Gasteiger partial charge in [0.2, 0.25) is 0 Å². The maximum absolute atomic E-state index is 11.0. The minimum absolute atomic E-state index is 0. The molecule has 2 unspecified atom stereocenters. The first-order chi connectivity index (χ1) is 7.41. The Labute approximate surface area is 127 Å². The molecule has 6 heteroatoms. The Bertz CT molecular complexity index is 267. The van der Waals surface area contributed by atoms with E-state index in [9.17, 15) is 18.1 Å². The van der Waals surface area contributed by atoms with Crippen molar-refractivity contribution in [3.63, 3.8) is 0 Å². The topological polar surface area (TPSA) is 77.4 Å². The first kappa shape index (κ1) is 20.2. The van der Waals surface area contributed by atoms with E-state index in [2.05, 4.69) is 0 Å². The Hall–Kier alpha value is 0.870. The van der Waals surface area contributed by atoms with Gasteiger partial charge in [0.1, 0.15) is 0 Å². The fourth-order valence-corrected chi connectivity index (χ4v) is 2.56. The van der Waals surface area contributed by atoms with E-state index in [1.54, 1.807) is 0 Å². The van der Waals surface area contributed by atoms with E-state index in [1.807, 2.05) is 13.8 Å². The third-order valence-corrected chi connectivity index (χ3v) is 4.11. The minimum atomic E-state index is -4.17. The zero-order chi connectivity index (χ0) is 12.6. The molecule has 1 N–H and O–H groups in total. The van der Waals surface area contributed by atoms with Gasteiger partial charge >= 0.3 is 29.6 Å². The molecule has 0 aliphatic heterocycles. The number of rotatable bonds is 9. The molecule has 0 spiro atoms. The summed E-state index contributed by atoms with van der Waals surface area (Å²) >= 11 is 0. The van der Waals surface area contributed by atoms with Crippen molar-refractivity contribution < 1.29 is 47.6 Å². The monoisotopic (exact) mass is 274 g/mol. The van der Waals surface area contributed by atoms with Gasteiger partial charge in [-0.1, -0.05) is 26.7 Å². The standard InChI is InChI=1S/C11H24O4S.Na/c1-3-5-8-11(16(13,14)15)9-6-7-10(12)4-2;/h10-12H,3-9H2,1-2H3,(H,13,14,15);/q;+1/p-1. The van der Waals surface area contributed by atoms with Crippen molar-refractivity contribution in [2.45, 2.75) is 70.1 Å². The normalized spacial score (nSPS) is 15.1. The number of aliphatic hydroxyl groups is 1. The maximum Gasteiger partial charge on any atom is 1.00 e. The van der Waals surface area contributed by atoms with Crippen LogP contribution in [0.2, 0.25) is 0 Å². The largest absolute Gasteiger partial charge is 1.00 e. The molecule has 0 saturated carbocycles. The van der Waals surface area contributed by atoms with Gasteiger partial charge in [-0.25, -0.2) is 8.42 Å². The summed E-state index contributed by atoms with van der Waals surface area (Å²) < 4.78 is 32.9. The van der Waals surface area contributed by atoms with Gasteiger partial charge in [0.15, 0.2) is 0 Å². The van der Waals surface area contributed by atoms with Crippen LogP contribution < -0.4 is 29.6 Å². The molecule has 0 heterocycles. The summed E-state index contributed by atoms with van der Waals surface area (Å²) in [4.78, 5) is 0. The number of hydrogen-bond donors (Lipinski definition) is 1. The van der Waals surface area contributed by atoms with Crippen LogP contribution in [0.15, 0.2) is 0 Å². The third-order valence-electron chi connectivity index (χ3n) is 2.82. The Balaban J connectivity index is 0. The van der Waals surface area contributed by atoms with Crippen molar-refractivity contribution in [3.05, 3.63) is 0 Å². The average molecular weight is 274 g/mol. The van der Waals surface area contributed by atoms with Crippen molar-refractivity contribution in [1.29, 1.82) is 0 Å². The number of aliphatic hydroxyl groups excluding tert-OH is 1. The first-order valence-electron chi connectivity index (χ1n) is 6.04. The predicted octanol–water partition coefficient (Wildman–Crippen LogP) is -0.964. The van der Waals surface area contributed by atoms with Crippen LogP contribution in [0.4, 0.5) is 0 Å². The molecule has 2 atom stereocenters. The Morgan fingerprint density at radius 1 is 1.12 bits per heavy atom. The van der Waals surface area contributed by atoms with Crippen LogP contribution in [0.25, 0.3) is 0 Å². The van der Waals surface area contributed by atoms with Crippen LogP contribution in [0.5, 0.6) is 0 Å². The average Bonchev–Trinajstić information content (AvgIpc) is 2.20. The summed E-state index contributed by atoms with van der Waals surface area (Å²) in [5.41, 5.74) is 0. The first-order valence-corrected chi connectivity index (χ1v) is 7.51. The van der Waals surface area contributed by atoms with E-state index in [4.69, 9.17) is 0 Å². The molecule has 0 aliphatic carbocycles. The van der Waals surface area contributed by atoms with Crippen LogP contribution in [0.3, 0.4) is 0 Å². The Morgan fingerprint density at radius 2 is 1.65 bits per heavy atom. The zero-order valence-electron chi connectivity index (χ0n) is 11.2. The number of unbranched alkanes of at least 4 members (excludes halogenated alkanes) is 1. The summed E-state index contributed by atoms with van der Waals surface area (Å²) in [6, 6.07) is 0. The molecular weight excluding hydrogens is 251 g/mol. The van der Waals surface area contributed by atoms with Crippen LogP contribution in [-0.2, 0) is 10.1 Å². The van der Waals surface area contributed by atoms with E-state index in [0.717, 1.165) is 12.8 Å². The van der Waals surface area contributed by atoms with Crippen LogP contribution >= 0.6 is 0 Å². The maximum atomic E-state index is 11.0. The summed E-state index contributed by atoms with van der Waals surface area (Å²) in [7, 11) is -4.17. The van der Waals surface area contributed by atoms with E-state index in [0.29, 0.717) is 32.1 Å². The van der Waals surface area contributed by atoms with Gasteiger partial charge in [-0.05, 0) is 32.1 Å². The smallest absolute Gasteiger partial charge is 0.748 e. The number of hydrogen-bond acceptors (Lipinski definition) is 4. The van der Waals surface area contributed by atoms with E-state index in [-0.39, 0.29) is 35.7 Å². The Kier molecular flexibility index (Phi) is 12.8. The predicted molar refractivity (Wildman–Crippen MR) is 63.2 cm³/mol. The van der Waals surface area contributed by atoms with Crippen molar-refractivity contribution in [1.82, 2.24) is 0 Å². The summed E-state index contributed by atoms with van der Waals surface area (Å²) in [6.45, 7) is 3.85. The van der Waals surface area contributed by atoms with Gasteiger partial charge in [-0.3, -0.25) is 0 Å². The zero-order valence-corrected chi connectivity index (χ0v) is 14.0. The van der Waals surface area contributed by atoms with Crippen molar-refractivity contribution in [2.24, 2.45) is 0 Å². The molecule has 0 aliphatic rings. The van der Waals surface area contributed by atoms with E-state index < -0.39 is 15.4 Å². The Morgan fingerprint density at radius 3 is 2.06 bits per heavy atom. The second-order valence-corrected chi connectivity index (χ2v) is 5.90. The summed E-state index contributed by atoms with van der Waals surface area (Å²) in [5.74, 6) is 0. The van der Waals surface area contributed by atoms with Gasteiger partial charge in [-0.15, -0.1) is 0 Å². The van der Waals surface area contributed by atoms with E-state index in [1.165, 1.54) is 0 Å². The molecule has 98 valence electrons. The van der Waals surface area contributed by atoms with Gasteiger partial charge in [-0.2, -0.15) is 0 Å². The molecule has 0 amide bonds. The van der Waals surface area contributed by atoms with E-state index >= 15 is 0 Å². The van der Waals surface area contributed by atoms with Gasteiger partial charge in [0.05, 0.1) is 16.2 Å². The minimum Gasteiger partial charge on any atom is -0.748 e. The summed E-state index contributed by atoms with van der Waals surface area (Å²) in [6.07, 6.45) is 3.96. The molecule has 17 heavy (non-hydrogen) atoms. The van der Waals surface area contributed by atoms with Crippen molar-refractivity contribution in [3.8, 4) is 0 Å². The molecule has 0 radical (unpaired) electrons. The molecule has 0 aromatic rings. The van der Waals surface area contributed by atoms with Gasteiger partial charge in [0.25, 0.3) is 0 Å². The van der Waals surface area contributed by atoms with Crippen molar-refractivity contribution >= 4 is 10.1 Å². The molecule has 0 aromatic carbocycles. The second-order valence-electron chi connectivity index (χ2n) is 4.25. The molecule has 0 rings (SSSR count). The third kappa shape index (κ3) is 10.5. The fraction of sp³-hybridized carbons (Fsp3) is 1.00. The van der Waals surface area contributed by atoms with Crippen LogP contribution in [0.1, 0.15) is 58.8 Å².